The first-order valence-corrected chi connectivity index (χ1v) is 7.14. The van der Waals surface area contributed by atoms with Crippen molar-refractivity contribution < 1.29 is 0 Å². The summed E-state index contributed by atoms with van der Waals surface area (Å²) in [5.74, 6) is 0. The van der Waals surface area contributed by atoms with Crippen molar-refractivity contribution in [2.45, 2.75) is 45.8 Å². The summed E-state index contributed by atoms with van der Waals surface area (Å²) in [5, 5.41) is 12.5. The molecule has 108 valence electrons. The smallest absolute Gasteiger partial charge is 0.0965 e. The molecule has 0 radical (unpaired) electrons. The summed E-state index contributed by atoms with van der Waals surface area (Å²) in [6.45, 7) is 9.14. The number of rotatable bonds is 4. The van der Waals surface area contributed by atoms with E-state index in [-0.39, 0.29) is 11.6 Å². The van der Waals surface area contributed by atoms with E-state index in [0.717, 1.165) is 10.7 Å². The summed E-state index contributed by atoms with van der Waals surface area (Å²) in [6.07, 6.45) is 1.99. The normalized spacial score (nSPS) is 13.4. The van der Waals surface area contributed by atoms with E-state index in [2.05, 4.69) is 43.3 Å². The van der Waals surface area contributed by atoms with Crippen molar-refractivity contribution in [1.29, 1.82) is 0 Å². The third-order valence-corrected chi connectivity index (χ3v) is 3.44. The van der Waals surface area contributed by atoms with Crippen LogP contribution in [0.15, 0.2) is 30.5 Å². The fraction of sp³-hybridized carbons (Fsp3) is 0.467. The van der Waals surface area contributed by atoms with Crippen LogP contribution in [0, 0.1) is 0 Å². The second-order valence-corrected chi connectivity index (χ2v) is 6.42. The number of nitrogens with zero attached hydrogens (tertiary/aromatic N) is 3. The summed E-state index contributed by atoms with van der Waals surface area (Å²) < 4.78 is 1.89. The molecule has 0 spiro atoms. The Bertz CT molecular complexity index is 554. The molecule has 0 unspecified atom stereocenters. The highest BCUT2D eigenvalue weighted by molar-refractivity contribution is 6.30. The Balaban J connectivity index is 1.95. The van der Waals surface area contributed by atoms with E-state index in [0.29, 0.717) is 6.54 Å². The zero-order valence-corrected chi connectivity index (χ0v) is 13.1. The number of hydrogen-bond acceptors (Lipinski definition) is 3. The van der Waals surface area contributed by atoms with Crippen LogP contribution in [0.25, 0.3) is 0 Å². The van der Waals surface area contributed by atoms with Gasteiger partial charge in [0.1, 0.15) is 0 Å². The first kappa shape index (κ1) is 15.0. The lowest BCUT2D eigenvalue weighted by molar-refractivity contribution is 0.347. The highest BCUT2D eigenvalue weighted by Gasteiger charge is 2.15. The predicted molar refractivity (Wildman–Crippen MR) is 81.7 cm³/mol. The molecule has 1 N–H and O–H groups in total. The summed E-state index contributed by atoms with van der Waals surface area (Å²) in [4.78, 5) is 0. The van der Waals surface area contributed by atoms with E-state index >= 15 is 0 Å². The minimum absolute atomic E-state index is 0.0347. The number of halogens is 1. The molecule has 0 aliphatic rings. The fourth-order valence-corrected chi connectivity index (χ4v) is 1.96. The molecule has 1 atom stereocenters. The van der Waals surface area contributed by atoms with E-state index in [1.54, 1.807) is 0 Å². The molecule has 0 fully saturated rings. The van der Waals surface area contributed by atoms with Crippen LogP contribution in [0.2, 0.25) is 5.02 Å². The Kier molecular flexibility index (Phi) is 4.45. The second-order valence-electron chi connectivity index (χ2n) is 5.98. The lowest BCUT2D eigenvalue weighted by Gasteiger charge is -2.17. The molecule has 1 aromatic carbocycles. The molecule has 0 aliphatic heterocycles. The molecular formula is C15H21ClN4. The van der Waals surface area contributed by atoms with Crippen molar-refractivity contribution in [1.82, 2.24) is 20.3 Å². The van der Waals surface area contributed by atoms with Crippen LogP contribution in [0.1, 0.15) is 45.0 Å². The van der Waals surface area contributed by atoms with Crippen LogP contribution in [0.5, 0.6) is 0 Å². The molecule has 0 amide bonds. The molecule has 1 heterocycles. The van der Waals surface area contributed by atoms with Crippen molar-refractivity contribution >= 4 is 11.6 Å². The SMILES string of the molecule is C[C@H](NCc1cn(C(C)(C)C)nn1)c1ccc(Cl)cc1. The molecule has 0 saturated heterocycles. The van der Waals surface area contributed by atoms with Gasteiger partial charge in [-0.2, -0.15) is 0 Å². The average Bonchev–Trinajstić information content (AvgIpc) is 2.85. The van der Waals surface area contributed by atoms with E-state index in [9.17, 15) is 0 Å². The molecule has 0 bridgehead atoms. The maximum Gasteiger partial charge on any atom is 0.0965 e. The maximum atomic E-state index is 5.89. The molecular weight excluding hydrogens is 272 g/mol. The molecule has 4 nitrogen and oxygen atoms in total. The van der Waals surface area contributed by atoms with Crippen molar-refractivity contribution in [2.24, 2.45) is 0 Å². The van der Waals surface area contributed by atoms with Crippen molar-refractivity contribution in [3.05, 3.63) is 46.7 Å². The summed E-state index contributed by atoms with van der Waals surface area (Å²) >= 11 is 5.89. The van der Waals surface area contributed by atoms with Gasteiger partial charge in [-0.1, -0.05) is 28.9 Å². The zero-order chi connectivity index (χ0) is 14.8. The predicted octanol–water partition coefficient (Wildman–Crippen LogP) is 3.54. The van der Waals surface area contributed by atoms with Gasteiger partial charge >= 0.3 is 0 Å². The zero-order valence-electron chi connectivity index (χ0n) is 12.4. The van der Waals surface area contributed by atoms with Gasteiger partial charge in [-0.25, -0.2) is 4.68 Å². The highest BCUT2D eigenvalue weighted by Crippen LogP contribution is 2.17. The largest absolute Gasteiger partial charge is 0.304 e. The summed E-state index contributed by atoms with van der Waals surface area (Å²) in [5.41, 5.74) is 2.12. The Morgan fingerprint density at radius 2 is 1.90 bits per heavy atom. The second kappa shape index (κ2) is 5.94. The van der Waals surface area contributed by atoms with E-state index in [1.807, 2.05) is 35.1 Å². The molecule has 20 heavy (non-hydrogen) atoms. The Hall–Kier alpha value is -1.39. The fourth-order valence-electron chi connectivity index (χ4n) is 1.83. The monoisotopic (exact) mass is 292 g/mol. The lowest BCUT2D eigenvalue weighted by atomic mass is 10.1. The summed E-state index contributed by atoms with van der Waals surface area (Å²) in [6, 6.07) is 8.13. The van der Waals surface area contributed by atoms with Gasteiger partial charge in [0.2, 0.25) is 0 Å². The third kappa shape index (κ3) is 3.81. The molecule has 2 rings (SSSR count). The topological polar surface area (TPSA) is 42.7 Å². The van der Waals surface area contributed by atoms with Crippen molar-refractivity contribution in [3.8, 4) is 0 Å². The van der Waals surface area contributed by atoms with Gasteiger partial charge in [-0.15, -0.1) is 5.10 Å². The van der Waals surface area contributed by atoms with Crippen molar-refractivity contribution in [3.63, 3.8) is 0 Å². The first-order chi connectivity index (χ1) is 9.36. The van der Waals surface area contributed by atoms with Crippen LogP contribution >= 0.6 is 11.6 Å². The molecule has 0 saturated carbocycles. The van der Waals surface area contributed by atoms with E-state index in [4.69, 9.17) is 11.6 Å². The minimum Gasteiger partial charge on any atom is -0.304 e. The molecule has 5 heteroatoms. The van der Waals surface area contributed by atoms with Crippen LogP contribution in [0.4, 0.5) is 0 Å². The van der Waals surface area contributed by atoms with Crippen LogP contribution in [-0.2, 0) is 12.1 Å². The van der Waals surface area contributed by atoms with Gasteiger partial charge in [-0.05, 0) is 45.4 Å². The quantitative estimate of drug-likeness (QED) is 0.937. The maximum absolute atomic E-state index is 5.89. The number of benzene rings is 1. The number of nitrogens with one attached hydrogen (secondary N) is 1. The van der Waals surface area contributed by atoms with Crippen LogP contribution in [0.3, 0.4) is 0 Å². The molecule has 1 aromatic heterocycles. The van der Waals surface area contributed by atoms with Gasteiger partial charge in [0, 0.05) is 17.6 Å². The molecule has 0 aliphatic carbocycles. The Morgan fingerprint density at radius 3 is 2.45 bits per heavy atom. The van der Waals surface area contributed by atoms with Gasteiger partial charge in [0.15, 0.2) is 0 Å². The van der Waals surface area contributed by atoms with Crippen LogP contribution in [-0.4, -0.2) is 15.0 Å². The lowest BCUT2D eigenvalue weighted by Crippen LogP contribution is -2.22. The first-order valence-electron chi connectivity index (χ1n) is 6.77. The minimum atomic E-state index is -0.0347. The standard InChI is InChI=1S/C15H21ClN4/c1-11(12-5-7-13(16)8-6-12)17-9-14-10-20(19-18-14)15(2,3)4/h5-8,10-11,17H,9H2,1-4H3/t11-/m0/s1. The van der Waals surface area contributed by atoms with Gasteiger partial charge < -0.3 is 5.32 Å². The number of hydrogen-bond donors (Lipinski definition) is 1. The van der Waals surface area contributed by atoms with Gasteiger partial charge in [-0.3, -0.25) is 0 Å². The van der Waals surface area contributed by atoms with Gasteiger partial charge in [0.05, 0.1) is 17.4 Å². The van der Waals surface area contributed by atoms with Crippen LogP contribution < -0.4 is 5.32 Å². The van der Waals surface area contributed by atoms with Gasteiger partial charge in [0.25, 0.3) is 0 Å². The number of aromatic nitrogens is 3. The molecule has 2 aromatic rings. The van der Waals surface area contributed by atoms with E-state index < -0.39 is 0 Å². The Labute approximate surface area is 125 Å². The Morgan fingerprint density at radius 1 is 1.25 bits per heavy atom. The highest BCUT2D eigenvalue weighted by atomic mass is 35.5. The summed E-state index contributed by atoms with van der Waals surface area (Å²) in [7, 11) is 0. The van der Waals surface area contributed by atoms with Crippen molar-refractivity contribution in [2.75, 3.05) is 0 Å². The third-order valence-electron chi connectivity index (χ3n) is 3.19. The van der Waals surface area contributed by atoms with E-state index in [1.165, 1.54) is 5.56 Å². The average molecular weight is 293 g/mol.